The summed E-state index contributed by atoms with van der Waals surface area (Å²) >= 11 is 4.88. The van der Waals surface area contributed by atoms with Gasteiger partial charge >= 0.3 is 0 Å². The first-order valence-electron chi connectivity index (χ1n) is 7.77. The van der Waals surface area contributed by atoms with Crippen molar-refractivity contribution < 1.29 is 9.59 Å². The van der Waals surface area contributed by atoms with Crippen LogP contribution in [0.25, 0.3) is 6.08 Å². The fourth-order valence-electron chi connectivity index (χ4n) is 2.57. The van der Waals surface area contributed by atoms with E-state index >= 15 is 0 Å². The molecule has 0 saturated heterocycles. The summed E-state index contributed by atoms with van der Waals surface area (Å²) in [5, 5.41) is 0. The van der Waals surface area contributed by atoms with E-state index in [9.17, 15) is 9.59 Å². The average molecular weight is 405 g/mol. The van der Waals surface area contributed by atoms with Gasteiger partial charge < -0.3 is 0 Å². The van der Waals surface area contributed by atoms with Crippen molar-refractivity contribution in [1.82, 2.24) is 10.9 Å². The number of hydrogen-bond donors (Lipinski definition) is 2. The number of amides is 2. The molecule has 4 nitrogen and oxygen atoms in total. The molecule has 2 aromatic rings. The number of thiophene rings is 1. The lowest BCUT2D eigenvalue weighted by Crippen LogP contribution is -2.40. The van der Waals surface area contributed by atoms with E-state index < -0.39 is 0 Å². The molecule has 1 aromatic heterocycles. The normalized spacial score (nSPS) is 13.5. The van der Waals surface area contributed by atoms with E-state index in [-0.39, 0.29) is 11.8 Å². The lowest BCUT2D eigenvalue weighted by atomic mass is 9.99. The fraction of sp³-hybridized carbons (Fsp3) is 0.222. The Morgan fingerprint density at radius 2 is 1.83 bits per heavy atom. The van der Waals surface area contributed by atoms with Crippen LogP contribution in [0.1, 0.15) is 38.5 Å². The first-order chi connectivity index (χ1) is 11.6. The van der Waals surface area contributed by atoms with E-state index in [1.165, 1.54) is 40.7 Å². The van der Waals surface area contributed by atoms with E-state index in [0.717, 1.165) is 22.9 Å². The molecule has 3 rings (SSSR count). The molecule has 1 heterocycles. The van der Waals surface area contributed by atoms with Crippen LogP contribution in [0.15, 0.2) is 40.9 Å². The predicted molar refractivity (Wildman–Crippen MR) is 99.7 cm³/mol. The molecule has 2 amide bonds. The minimum atomic E-state index is -0.368. The third-order valence-corrected chi connectivity index (χ3v) is 5.58. The first kappa shape index (κ1) is 16.9. The number of carbonyl (C=O) groups is 2. The number of hydrogen-bond acceptors (Lipinski definition) is 3. The summed E-state index contributed by atoms with van der Waals surface area (Å²) in [6, 6.07) is 9.53. The van der Waals surface area contributed by atoms with E-state index in [2.05, 4.69) is 26.8 Å². The van der Waals surface area contributed by atoms with Crippen LogP contribution in [0, 0.1) is 0 Å². The minimum Gasteiger partial charge on any atom is -0.268 e. The molecule has 0 spiro atoms. The third-order valence-electron chi connectivity index (χ3n) is 3.82. The summed E-state index contributed by atoms with van der Waals surface area (Å²) in [4.78, 5) is 25.9. The molecule has 0 aliphatic heterocycles. The van der Waals surface area contributed by atoms with E-state index in [0.29, 0.717) is 4.88 Å². The van der Waals surface area contributed by atoms with Gasteiger partial charge in [0.25, 0.3) is 11.8 Å². The highest BCUT2D eigenvalue weighted by molar-refractivity contribution is 9.10. The molecule has 6 heteroatoms. The Hall–Kier alpha value is -1.92. The number of halogens is 1. The summed E-state index contributed by atoms with van der Waals surface area (Å²) in [5.41, 5.74) is 7.07. The standard InChI is InChI=1S/C18H17BrN2O2S/c19-14-8-5-12(6-9-14)7-10-17(22)20-21-18(23)16-11-13-3-1-2-4-15(13)24-16/h5-11H,1-4H2,(H,20,22)(H,21,23)/b10-7+. The van der Waals surface area contributed by atoms with Crippen LogP contribution in [0.3, 0.4) is 0 Å². The largest absolute Gasteiger partial charge is 0.279 e. The van der Waals surface area contributed by atoms with Crippen molar-refractivity contribution in [3.63, 3.8) is 0 Å². The van der Waals surface area contributed by atoms with Gasteiger partial charge in [-0.3, -0.25) is 20.4 Å². The highest BCUT2D eigenvalue weighted by Crippen LogP contribution is 2.29. The molecule has 0 unspecified atom stereocenters. The van der Waals surface area contributed by atoms with E-state index in [4.69, 9.17) is 0 Å². The molecule has 1 aromatic carbocycles. The van der Waals surface area contributed by atoms with Gasteiger partial charge in [0.15, 0.2) is 0 Å². The molecule has 0 fully saturated rings. The van der Waals surface area contributed by atoms with Crippen LogP contribution in [0.4, 0.5) is 0 Å². The number of nitrogens with one attached hydrogen (secondary N) is 2. The van der Waals surface area contributed by atoms with Gasteiger partial charge in [-0.25, -0.2) is 0 Å². The Bertz CT molecular complexity index is 757. The average Bonchev–Trinajstić information content (AvgIpc) is 3.03. The Labute approximate surface area is 153 Å². The number of hydrazine groups is 1. The smallest absolute Gasteiger partial charge is 0.268 e. The maximum Gasteiger partial charge on any atom is 0.279 e. The summed E-state index contributed by atoms with van der Waals surface area (Å²) in [6.07, 6.45) is 7.55. The van der Waals surface area contributed by atoms with Gasteiger partial charge in [0, 0.05) is 15.4 Å². The first-order valence-corrected chi connectivity index (χ1v) is 9.38. The van der Waals surface area contributed by atoms with Crippen molar-refractivity contribution in [3.8, 4) is 0 Å². The van der Waals surface area contributed by atoms with Crippen molar-refractivity contribution >= 4 is 45.2 Å². The molecule has 0 atom stereocenters. The van der Waals surface area contributed by atoms with Gasteiger partial charge in [-0.2, -0.15) is 0 Å². The molecule has 0 bridgehead atoms. The van der Waals surface area contributed by atoms with Crippen LogP contribution < -0.4 is 10.9 Å². The van der Waals surface area contributed by atoms with Gasteiger partial charge in [0.2, 0.25) is 0 Å². The van der Waals surface area contributed by atoms with Crippen LogP contribution in [-0.4, -0.2) is 11.8 Å². The Kier molecular flexibility index (Phi) is 5.48. The third kappa shape index (κ3) is 4.33. The maximum atomic E-state index is 12.1. The zero-order valence-electron chi connectivity index (χ0n) is 13.0. The molecular weight excluding hydrogens is 388 g/mol. The Balaban J connectivity index is 1.53. The number of aryl methyl sites for hydroxylation is 2. The second kappa shape index (κ2) is 7.77. The molecule has 1 aliphatic carbocycles. The van der Waals surface area contributed by atoms with Crippen LogP contribution in [0.2, 0.25) is 0 Å². The number of carbonyl (C=O) groups excluding carboxylic acids is 2. The maximum absolute atomic E-state index is 12.1. The summed E-state index contributed by atoms with van der Waals surface area (Å²) in [7, 11) is 0. The van der Waals surface area contributed by atoms with Crippen LogP contribution in [0.5, 0.6) is 0 Å². The van der Waals surface area contributed by atoms with Crippen molar-refractivity contribution in [3.05, 3.63) is 61.8 Å². The monoisotopic (exact) mass is 404 g/mol. The quantitative estimate of drug-likeness (QED) is 0.602. The van der Waals surface area contributed by atoms with Gasteiger partial charge in [-0.05, 0) is 61.1 Å². The second-order valence-electron chi connectivity index (χ2n) is 5.59. The highest BCUT2D eigenvalue weighted by Gasteiger charge is 2.17. The molecule has 2 N–H and O–H groups in total. The Morgan fingerprint density at radius 3 is 2.58 bits per heavy atom. The van der Waals surface area contributed by atoms with Gasteiger partial charge in [0.05, 0.1) is 4.88 Å². The van der Waals surface area contributed by atoms with Crippen molar-refractivity contribution in [2.75, 3.05) is 0 Å². The summed E-state index contributed by atoms with van der Waals surface area (Å²) in [6.45, 7) is 0. The van der Waals surface area contributed by atoms with Gasteiger partial charge in [0.1, 0.15) is 0 Å². The van der Waals surface area contributed by atoms with Gasteiger partial charge in [-0.15, -0.1) is 11.3 Å². The SMILES string of the molecule is O=C(/C=C/c1ccc(Br)cc1)NNC(=O)c1cc2c(s1)CCCC2. The van der Waals surface area contributed by atoms with Crippen molar-refractivity contribution in [2.24, 2.45) is 0 Å². The van der Waals surface area contributed by atoms with Crippen molar-refractivity contribution in [1.29, 1.82) is 0 Å². The number of rotatable bonds is 3. The van der Waals surface area contributed by atoms with Gasteiger partial charge in [-0.1, -0.05) is 28.1 Å². The molecule has 0 radical (unpaired) electrons. The zero-order valence-corrected chi connectivity index (χ0v) is 15.4. The zero-order chi connectivity index (χ0) is 16.9. The van der Waals surface area contributed by atoms with Crippen LogP contribution in [-0.2, 0) is 17.6 Å². The fourth-order valence-corrected chi connectivity index (χ4v) is 3.98. The number of benzene rings is 1. The Morgan fingerprint density at radius 1 is 1.08 bits per heavy atom. The molecule has 0 saturated carbocycles. The second-order valence-corrected chi connectivity index (χ2v) is 7.65. The molecule has 1 aliphatic rings. The van der Waals surface area contributed by atoms with E-state index in [1.54, 1.807) is 6.08 Å². The van der Waals surface area contributed by atoms with E-state index in [1.807, 2.05) is 30.3 Å². The summed E-state index contributed by atoms with van der Waals surface area (Å²) in [5.74, 6) is -0.632. The number of fused-ring (bicyclic) bond motifs is 1. The topological polar surface area (TPSA) is 58.2 Å². The van der Waals surface area contributed by atoms with Crippen LogP contribution >= 0.6 is 27.3 Å². The lowest BCUT2D eigenvalue weighted by Gasteiger charge is -2.08. The predicted octanol–water partition coefficient (Wildman–Crippen LogP) is 3.86. The minimum absolute atomic E-state index is 0.264. The van der Waals surface area contributed by atoms with Crippen molar-refractivity contribution in [2.45, 2.75) is 25.7 Å². The molecular formula is C18H17BrN2O2S. The lowest BCUT2D eigenvalue weighted by molar-refractivity contribution is -0.117. The molecule has 124 valence electrons. The highest BCUT2D eigenvalue weighted by atomic mass is 79.9. The summed E-state index contributed by atoms with van der Waals surface area (Å²) < 4.78 is 0.981. The molecule has 24 heavy (non-hydrogen) atoms.